The van der Waals surface area contributed by atoms with Gasteiger partial charge in [0.05, 0.1) is 17.2 Å². The first-order valence-electron chi connectivity index (χ1n) is 6.79. The Labute approximate surface area is 129 Å². The second-order valence-electron chi connectivity index (χ2n) is 4.88. The first kappa shape index (κ1) is 16.9. The van der Waals surface area contributed by atoms with E-state index in [9.17, 15) is 22.4 Å². The Morgan fingerprint density at radius 2 is 2.09 bits per heavy atom. The van der Waals surface area contributed by atoms with Crippen LogP contribution in [0.5, 0.6) is 0 Å². The van der Waals surface area contributed by atoms with Gasteiger partial charge in [-0.3, -0.25) is 9.89 Å². The van der Waals surface area contributed by atoms with Crippen molar-refractivity contribution in [3.63, 3.8) is 0 Å². The van der Waals surface area contributed by atoms with Crippen LogP contribution in [-0.2, 0) is 6.18 Å². The highest BCUT2D eigenvalue weighted by Crippen LogP contribution is 2.32. The molecule has 1 amide bonds. The van der Waals surface area contributed by atoms with Gasteiger partial charge in [-0.25, -0.2) is 9.37 Å². The Hall–Kier alpha value is -2.45. The van der Waals surface area contributed by atoms with Gasteiger partial charge < -0.3 is 5.32 Å². The monoisotopic (exact) mass is 330 g/mol. The average Bonchev–Trinajstić information content (AvgIpc) is 2.89. The van der Waals surface area contributed by atoms with E-state index in [2.05, 4.69) is 20.5 Å². The predicted molar refractivity (Wildman–Crippen MR) is 73.0 cm³/mol. The average molecular weight is 330 g/mol. The van der Waals surface area contributed by atoms with Crippen LogP contribution in [-0.4, -0.2) is 21.1 Å². The molecular weight excluding hydrogens is 316 g/mol. The van der Waals surface area contributed by atoms with Crippen molar-refractivity contribution in [3.05, 3.63) is 46.8 Å². The third-order valence-corrected chi connectivity index (χ3v) is 3.19. The number of alkyl halides is 3. The van der Waals surface area contributed by atoms with Gasteiger partial charge in [-0.15, -0.1) is 0 Å². The van der Waals surface area contributed by atoms with Gasteiger partial charge in [0, 0.05) is 0 Å². The number of carbonyl (C=O) groups excluding carboxylic acids is 1. The largest absolute Gasteiger partial charge is 0.419 e. The molecule has 1 aromatic carbocycles. The number of aromatic nitrogens is 3. The molecule has 0 bridgehead atoms. The Morgan fingerprint density at radius 1 is 1.39 bits per heavy atom. The van der Waals surface area contributed by atoms with Crippen molar-refractivity contribution in [3.8, 4) is 0 Å². The SMILES string of the molecule is CC[C@@H](NC(=O)c1cccc(C(F)(F)F)c1F)c1n[nH]c(C)n1. The minimum atomic E-state index is -4.87. The Bertz CT molecular complexity index is 711. The van der Waals surface area contributed by atoms with Gasteiger partial charge >= 0.3 is 6.18 Å². The standard InChI is InChI=1S/C14H14F4N4O/c1-3-10(12-19-7(2)21-22-12)20-13(23)8-5-4-6-9(11(8)15)14(16,17)18/h4-6,10H,3H2,1-2H3,(H,20,23)(H,19,21,22)/t10-/m1/s1. The fraction of sp³-hybridized carbons (Fsp3) is 0.357. The summed E-state index contributed by atoms with van der Waals surface area (Å²) in [7, 11) is 0. The lowest BCUT2D eigenvalue weighted by Crippen LogP contribution is -2.30. The maximum absolute atomic E-state index is 14.0. The highest BCUT2D eigenvalue weighted by Gasteiger charge is 2.36. The molecule has 2 N–H and O–H groups in total. The number of nitrogens with zero attached hydrogens (tertiary/aromatic N) is 2. The quantitative estimate of drug-likeness (QED) is 0.846. The topological polar surface area (TPSA) is 70.7 Å². The van der Waals surface area contributed by atoms with Gasteiger partial charge in [0.2, 0.25) is 0 Å². The minimum absolute atomic E-state index is 0.283. The molecule has 0 saturated carbocycles. The van der Waals surface area contributed by atoms with Gasteiger partial charge in [0.1, 0.15) is 11.6 Å². The summed E-state index contributed by atoms with van der Waals surface area (Å²) in [4.78, 5) is 16.2. The molecule has 0 fully saturated rings. The van der Waals surface area contributed by atoms with E-state index in [4.69, 9.17) is 0 Å². The first-order chi connectivity index (χ1) is 10.7. The van der Waals surface area contributed by atoms with Gasteiger partial charge in [-0.05, 0) is 25.5 Å². The minimum Gasteiger partial charge on any atom is -0.342 e. The van der Waals surface area contributed by atoms with Gasteiger partial charge in [0.15, 0.2) is 5.82 Å². The molecule has 1 atom stereocenters. The zero-order valence-electron chi connectivity index (χ0n) is 12.3. The molecule has 0 aliphatic rings. The molecule has 124 valence electrons. The number of nitrogens with one attached hydrogen (secondary N) is 2. The normalized spacial score (nSPS) is 13.0. The van der Waals surface area contributed by atoms with Crippen molar-refractivity contribution in [2.75, 3.05) is 0 Å². The van der Waals surface area contributed by atoms with Crippen molar-refractivity contribution in [1.82, 2.24) is 20.5 Å². The molecule has 0 saturated heterocycles. The van der Waals surface area contributed by atoms with Crippen molar-refractivity contribution >= 4 is 5.91 Å². The third-order valence-electron chi connectivity index (χ3n) is 3.19. The first-order valence-corrected chi connectivity index (χ1v) is 6.79. The number of H-pyrrole nitrogens is 1. The number of rotatable bonds is 4. The van der Waals surface area contributed by atoms with E-state index in [1.807, 2.05) is 0 Å². The summed E-state index contributed by atoms with van der Waals surface area (Å²) in [6, 6.07) is 1.93. The maximum Gasteiger partial charge on any atom is 0.419 e. The second kappa shape index (κ2) is 6.35. The summed E-state index contributed by atoms with van der Waals surface area (Å²) in [6.07, 6.45) is -4.48. The summed E-state index contributed by atoms with van der Waals surface area (Å²) in [6.45, 7) is 3.40. The van der Waals surface area contributed by atoms with Crippen molar-refractivity contribution < 1.29 is 22.4 Å². The van der Waals surface area contributed by atoms with E-state index in [1.165, 1.54) is 0 Å². The van der Waals surface area contributed by atoms with Crippen molar-refractivity contribution in [1.29, 1.82) is 0 Å². The number of halogens is 4. The van der Waals surface area contributed by atoms with E-state index in [0.29, 0.717) is 18.3 Å². The number of aryl methyl sites for hydroxylation is 1. The lowest BCUT2D eigenvalue weighted by Gasteiger charge is -2.15. The molecule has 1 heterocycles. The molecule has 23 heavy (non-hydrogen) atoms. The van der Waals surface area contributed by atoms with E-state index in [-0.39, 0.29) is 5.82 Å². The van der Waals surface area contributed by atoms with E-state index in [1.54, 1.807) is 13.8 Å². The lowest BCUT2D eigenvalue weighted by molar-refractivity contribution is -0.140. The molecule has 0 aliphatic carbocycles. The summed E-state index contributed by atoms with van der Waals surface area (Å²) in [5.41, 5.74) is -2.16. The van der Waals surface area contributed by atoms with Crippen molar-refractivity contribution in [2.45, 2.75) is 32.5 Å². The third kappa shape index (κ3) is 3.66. The van der Waals surface area contributed by atoms with Crippen LogP contribution in [0.15, 0.2) is 18.2 Å². The molecule has 0 radical (unpaired) electrons. The smallest absolute Gasteiger partial charge is 0.342 e. The lowest BCUT2D eigenvalue weighted by atomic mass is 10.1. The van der Waals surface area contributed by atoms with Crippen molar-refractivity contribution in [2.24, 2.45) is 0 Å². The predicted octanol–water partition coefficient (Wildman–Crippen LogP) is 3.15. The van der Waals surface area contributed by atoms with Crippen LogP contribution in [0.25, 0.3) is 0 Å². The molecule has 9 heteroatoms. The van der Waals surface area contributed by atoms with Crippen LogP contribution in [0.3, 0.4) is 0 Å². The number of amides is 1. The molecule has 5 nitrogen and oxygen atoms in total. The number of aromatic amines is 1. The summed E-state index contributed by atoms with van der Waals surface area (Å²) < 4.78 is 52.0. The van der Waals surface area contributed by atoms with E-state index in [0.717, 1.165) is 12.1 Å². The van der Waals surface area contributed by atoms with Gasteiger partial charge in [0.25, 0.3) is 5.91 Å². The fourth-order valence-corrected chi connectivity index (χ4v) is 2.03. The van der Waals surface area contributed by atoms with E-state index >= 15 is 0 Å². The van der Waals surface area contributed by atoms with Crippen LogP contribution in [0.2, 0.25) is 0 Å². The number of hydrogen-bond donors (Lipinski definition) is 2. The highest BCUT2D eigenvalue weighted by atomic mass is 19.4. The zero-order chi connectivity index (χ0) is 17.2. The summed E-state index contributed by atoms with van der Waals surface area (Å²) in [5, 5.41) is 8.93. The van der Waals surface area contributed by atoms with E-state index < -0.39 is 35.1 Å². The van der Waals surface area contributed by atoms with Crippen LogP contribution in [0.1, 0.15) is 47.0 Å². The van der Waals surface area contributed by atoms with Gasteiger partial charge in [-0.1, -0.05) is 13.0 Å². The molecule has 0 unspecified atom stereocenters. The fourth-order valence-electron chi connectivity index (χ4n) is 2.03. The second-order valence-corrected chi connectivity index (χ2v) is 4.88. The molecule has 1 aromatic heterocycles. The number of hydrogen-bond acceptors (Lipinski definition) is 3. The van der Waals surface area contributed by atoms with Crippen LogP contribution in [0, 0.1) is 12.7 Å². The number of carbonyl (C=O) groups is 1. The Balaban J connectivity index is 2.27. The molecule has 2 rings (SSSR count). The zero-order valence-corrected chi connectivity index (χ0v) is 12.3. The molecular formula is C14H14F4N4O. The molecule has 0 aliphatic heterocycles. The number of benzene rings is 1. The summed E-state index contributed by atoms with van der Waals surface area (Å²) >= 11 is 0. The Kier molecular flexibility index (Phi) is 4.67. The maximum atomic E-state index is 14.0. The summed E-state index contributed by atoms with van der Waals surface area (Å²) in [5.74, 6) is -1.75. The van der Waals surface area contributed by atoms with Crippen LogP contribution >= 0.6 is 0 Å². The Morgan fingerprint density at radius 3 is 2.61 bits per heavy atom. The van der Waals surface area contributed by atoms with Crippen LogP contribution < -0.4 is 5.32 Å². The molecule has 2 aromatic rings. The molecule has 0 spiro atoms. The van der Waals surface area contributed by atoms with Gasteiger partial charge in [-0.2, -0.15) is 18.3 Å². The highest BCUT2D eigenvalue weighted by molar-refractivity contribution is 5.94. The van der Waals surface area contributed by atoms with Crippen LogP contribution in [0.4, 0.5) is 17.6 Å².